The quantitative estimate of drug-likeness (QED) is 0.0579. The van der Waals surface area contributed by atoms with E-state index in [4.69, 9.17) is 25.2 Å². The average Bonchev–Trinajstić information content (AvgIpc) is 1.64. The molecule has 9 rings (SSSR count). The molecule has 778 valence electrons. The van der Waals surface area contributed by atoms with Crippen molar-refractivity contribution in [1.82, 2.24) is 5.16 Å². The third-order valence-corrected chi connectivity index (χ3v) is 21.6. The van der Waals surface area contributed by atoms with Gasteiger partial charge in [0, 0.05) is 77.4 Å². The Labute approximate surface area is 824 Å². The molecule has 0 spiro atoms. The molecule has 0 saturated heterocycles. The van der Waals surface area contributed by atoms with Gasteiger partial charge >= 0.3 is 12.1 Å². The summed E-state index contributed by atoms with van der Waals surface area (Å²) in [4.78, 5) is 20.4. The molecule has 6 fully saturated rings. The van der Waals surface area contributed by atoms with Crippen LogP contribution in [0.15, 0.2) is 59.1 Å². The van der Waals surface area contributed by atoms with Crippen LogP contribution in [-0.2, 0) is 43.1 Å². The zero-order valence-electron chi connectivity index (χ0n) is 96.5. The molecule has 6 saturated carbocycles. The van der Waals surface area contributed by atoms with Crippen molar-refractivity contribution < 1.29 is 46.2 Å². The highest BCUT2D eigenvalue weighted by Gasteiger charge is 2.52. The normalized spacial score (nSPS) is 15.5. The first kappa shape index (κ1) is 145. The number of carbonyl (C=O) groups excluding carboxylic acids is 2. The highest BCUT2D eigenvalue weighted by molar-refractivity contribution is 5.77. The van der Waals surface area contributed by atoms with Crippen LogP contribution in [-0.4, -0.2) is 64.2 Å². The second kappa shape index (κ2) is 91.1. The molecule has 6 aliphatic rings. The molecule has 1 aromatic heterocycles. The van der Waals surface area contributed by atoms with Gasteiger partial charge in [-0.3, -0.25) is 9.59 Å². The zero-order chi connectivity index (χ0) is 105. The first-order valence-corrected chi connectivity index (χ1v) is 52.6. The van der Waals surface area contributed by atoms with Crippen molar-refractivity contribution in [3.63, 3.8) is 0 Å². The van der Waals surface area contributed by atoms with E-state index in [0.29, 0.717) is 23.7 Å². The number of rotatable bonds is 26. The largest absolute Gasteiger partial charge is 0.497 e. The van der Waals surface area contributed by atoms with Gasteiger partial charge in [-0.25, -0.2) is 0 Å². The number of Topliss-reactive ketones (excluding diaryl/α,β-unsaturated/α-hetero) is 1. The van der Waals surface area contributed by atoms with Crippen molar-refractivity contribution in [3.05, 3.63) is 82.7 Å². The third kappa shape index (κ3) is 115. The number of alkyl halides is 3. The number of ketones is 1. The molecular formula is C121H226F3NO7. The lowest BCUT2D eigenvalue weighted by Crippen LogP contribution is -2.48. The van der Waals surface area contributed by atoms with Crippen molar-refractivity contribution in [1.29, 1.82) is 0 Å². The van der Waals surface area contributed by atoms with E-state index in [-0.39, 0.29) is 29.5 Å². The molecule has 1 heterocycles. The van der Waals surface area contributed by atoms with Crippen LogP contribution < -0.4 is 4.74 Å². The van der Waals surface area contributed by atoms with E-state index in [2.05, 4.69) is 318 Å². The number of hydrogen-bond donors (Lipinski definition) is 0. The monoisotopic (exact) mass is 1860 g/mol. The highest BCUT2D eigenvalue weighted by Crippen LogP contribution is 2.62. The van der Waals surface area contributed by atoms with Crippen LogP contribution in [0.25, 0.3) is 0 Å². The van der Waals surface area contributed by atoms with Gasteiger partial charge in [0.1, 0.15) is 17.3 Å². The molecule has 0 unspecified atom stereocenters. The van der Waals surface area contributed by atoms with Crippen LogP contribution in [0.3, 0.4) is 0 Å². The summed E-state index contributed by atoms with van der Waals surface area (Å²) in [5, 5.41) is 3.79. The molecule has 4 bridgehead atoms. The summed E-state index contributed by atoms with van der Waals surface area (Å²) in [5.41, 5.74) is 5.94. The van der Waals surface area contributed by atoms with Gasteiger partial charge < -0.3 is 23.5 Å². The maximum atomic E-state index is 11.3. The zero-order valence-corrected chi connectivity index (χ0v) is 96.5. The van der Waals surface area contributed by atoms with Crippen molar-refractivity contribution in [2.24, 2.45) is 147 Å². The molecule has 132 heavy (non-hydrogen) atoms. The number of carbonyl (C=O) groups is 2. The van der Waals surface area contributed by atoms with Gasteiger partial charge in [-0.2, -0.15) is 13.2 Å². The smallest absolute Gasteiger partial charge is 0.389 e. The van der Waals surface area contributed by atoms with Crippen molar-refractivity contribution in [2.45, 2.75) is 453 Å². The summed E-state index contributed by atoms with van der Waals surface area (Å²) < 4.78 is 58.3. The average molecular weight is 1860 g/mol. The second-order valence-corrected chi connectivity index (χ2v) is 45.2. The lowest BCUT2D eigenvalue weighted by Gasteiger charge is -2.58. The van der Waals surface area contributed by atoms with E-state index in [0.717, 1.165) is 182 Å². The highest BCUT2D eigenvalue weighted by atomic mass is 19.4. The predicted molar refractivity (Wildman–Crippen MR) is 580 cm³/mol. The van der Waals surface area contributed by atoms with Crippen LogP contribution in [0.2, 0.25) is 0 Å². The van der Waals surface area contributed by atoms with E-state index in [9.17, 15) is 22.8 Å². The molecule has 2 aromatic carbocycles. The fraction of sp³-hybridized carbons (Fsp3) is 0.810. The lowest BCUT2D eigenvalue weighted by molar-refractivity contribution is -0.144. The van der Waals surface area contributed by atoms with Crippen molar-refractivity contribution >= 4 is 11.8 Å². The Hall–Kier alpha value is -5.02. The van der Waals surface area contributed by atoms with Crippen molar-refractivity contribution in [2.75, 3.05) is 41.2 Å². The number of methoxy groups -OCH3 is 3. The van der Waals surface area contributed by atoms with Crippen LogP contribution >= 0.6 is 0 Å². The van der Waals surface area contributed by atoms with E-state index >= 15 is 0 Å². The molecule has 0 radical (unpaired) electrons. The Balaban J connectivity index is -0.000000175. The summed E-state index contributed by atoms with van der Waals surface area (Å²) in [6.45, 7) is 98.3. The molecule has 0 aliphatic heterocycles. The first-order valence-electron chi connectivity index (χ1n) is 52.6. The van der Waals surface area contributed by atoms with Gasteiger partial charge in [-0.15, -0.1) is 36.0 Å². The summed E-state index contributed by atoms with van der Waals surface area (Å²) >= 11 is 0. The summed E-state index contributed by atoms with van der Waals surface area (Å²) in [5.74, 6) is 34.9. The number of terminal acetylenes is 1. The number of benzene rings is 2. The summed E-state index contributed by atoms with van der Waals surface area (Å²) in [7, 11) is 4.81. The van der Waals surface area contributed by atoms with Gasteiger partial charge in [-0.05, 0) is 271 Å². The van der Waals surface area contributed by atoms with Crippen LogP contribution in [0, 0.1) is 197 Å². The van der Waals surface area contributed by atoms with Gasteiger partial charge in [0.15, 0.2) is 0 Å². The number of halogens is 3. The number of hydrogen-bond acceptors (Lipinski definition) is 8. The predicted octanol–water partition coefficient (Wildman–Crippen LogP) is 37.4. The molecule has 0 N–H and O–H groups in total. The third-order valence-electron chi connectivity index (χ3n) is 21.6. The summed E-state index contributed by atoms with van der Waals surface area (Å²) in [6, 6.07) is 19.0. The van der Waals surface area contributed by atoms with E-state index in [1.54, 1.807) is 87.4 Å². The Morgan fingerprint density at radius 1 is 0.500 bits per heavy atom. The van der Waals surface area contributed by atoms with E-state index < -0.39 is 12.6 Å². The molecule has 6 aliphatic carbocycles. The molecular weight excluding hydrogens is 1640 g/mol. The maximum Gasteiger partial charge on any atom is 0.389 e. The lowest BCUT2D eigenvalue weighted by atomic mass is 9.47. The fourth-order valence-corrected chi connectivity index (χ4v) is 13.3. The first-order chi connectivity index (χ1) is 61.0. The number of nitrogens with zero attached hydrogens (tertiary/aromatic N) is 1. The molecule has 11 heteroatoms. The number of ether oxygens (including phenoxy) is 4. The molecule has 8 nitrogen and oxygen atoms in total. The minimum atomic E-state index is -3.98. The van der Waals surface area contributed by atoms with E-state index in [1.807, 2.05) is 52.8 Å². The minimum absolute atomic E-state index is 0.00463. The number of aryl methyl sites for hydroxylation is 2. The number of aromatic nitrogens is 1. The van der Waals surface area contributed by atoms with Crippen LogP contribution in [0.4, 0.5) is 13.2 Å². The SMILES string of the molecule is C#CCC(C)C.CC#CCC(C)C.CC(=O)C(C)C.CC(C)C(C)C.CC(C)C12CC3CC(CC(C3)C1)C2.CC(C)C1CC1.CC(C)CC(C)C.CC(C)CC(F)(F)F.CC(C)CC1CC1.CCC#CCC(C)C.CCC(C)C.CCOCC(C)C.COC(=O)C(C)C.COCC(C)C.COc1ccc(CC(C)C)cc1.Cc1cc(CC(C)C)on1.Cc1ccc(CC(C)C)cc1. The fourth-order valence-electron chi connectivity index (χ4n) is 13.3. The maximum absolute atomic E-state index is 11.3. The van der Waals surface area contributed by atoms with Crippen LogP contribution in [0.1, 0.15) is 441 Å². The Morgan fingerprint density at radius 2 is 0.902 bits per heavy atom. The van der Waals surface area contributed by atoms with Gasteiger partial charge in [0.25, 0.3) is 0 Å². The van der Waals surface area contributed by atoms with E-state index in [1.165, 1.54) is 75.2 Å². The second-order valence-electron chi connectivity index (χ2n) is 45.2. The Morgan fingerprint density at radius 3 is 1.07 bits per heavy atom. The topological polar surface area (TPSA) is 97.1 Å². The van der Waals surface area contributed by atoms with Gasteiger partial charge in [0.2, 0.25) is 0 Å². The van der Waals surface area contributed by atoms with Gasteiger partial charge in [0.05, 0.1) is 25.8 Å². The molecule has 0 atom stereocenters. The van der Waals surface area contributed by atoms with Gasteiger partial charge in [-0.1, -0.05) is 343 Å². The van der Waals surface area contributed by atoms with Crippen LogP contribution in [0.5, 0.6) is 5.75 Å². The Kier molecular flexibility index (Phi) is 99.9. The standard InChI is InChI=1S/C13H22.C11H16O.C11H16.C8H13NO.C8H14.C7H14.C7H16.C7H12.C6H14O.C6H12.C6H14.C6H10.C5H9F3.C5H10O2.C5H12O.C5H10O.C5H12/c1-9(2)13-6-10-3-11(7-13)5-12(4-10)8-13;1-9(2)8-10-4-6-11(12-3)7-5-10;1-9(2)8-11-6-4-10(3)5-7-11;1-6(2)4-8-5-7(3)9-10-8;1-4-5-6-7-8(2)3;1-6(2)5-7-3-4-7;1-6(2)5-7(3)4;1-4-5-6-7(2)3;1-4-7-5-6(2)3;1-5(2)6-3-4-6;1-5(2)6(3)4;1-4-5-6(2)3;1-4(2)3-5(6,7)8;1-4(2)5(6)7-3;1-5(2)4-6-3;1-4(2)5(3)6;1-4-5(2)3/h9-12H,3-8H2,1-2H3;4-7,9H,8H2,1-3H3;4-7,9H,8H2,1-3H3;5-6H,4H2,1-3H3;8H,4,7H2,1-3H3;6-7H,3-5H2,1-2H3;6-7H,5H2,1-4H3;7H,6H2,1-3H3;6H,4-5H2,1-3H3;5-6H,3-4H2,1-2H3;5-6H,1-4H3;1,6H,5H2,2-3H3;4H,3H2,1-2H3;4H,1-3H3;5H,4H2,1-3H3;4H,1-3H3;5H,4H2,1-3H3. The molecule has 3 aromatic rings. The summed E-state index contributed by atoms with van der Waals surface area (Å²) in [6.07, 6.45) is 27.3. The van der Waals surface area contributed by atoms with Crippen molar-refractivity contribution in [3.8, 4) is 41.8 Å². The number of esters is 1. The molecule has 0 amide bonds. The Bertz CT molecular complexity index is 3070. The minimum Gasteiger partial charge on any atom is -0.497 e.